The topological polar surface area (TPSA) is 8.81 Å². The molecule has 62 valence electrons. The molecule has 0 saturated heterocycles. The van der Waals surface area contributed by atoms with Crippen molar-refractivity contribution in [1.82, 2.24) is 4.57 Å². The van der Waals surface area contributed by atoms with Crippen LogP contribution < -0.4 is 4.57 Å². The van der Waals surface area contributed by atoms with Gasteiger partial charge in [-0.15, -0.1) is 6.58 Å². The van der Waals surface area contributed by atoms with E-state index in [0.29, 0.717) is 0 Å². The minimum Gasteiger partial charge on any atom is -0.207 e. The van der Waals surface area contributed by atoms with E-state index in [9.17, 15) is 0 Å². The van der Waals surface area contributed by atoms with E-state index in [4.69, 9.17) is 0 Å². The molecule has 0 unspecified atom stereocenters. The molecule has 0 aliphatic rings. The van der Waals surface area contributed by atoms with E-state index in [-0.39, 0.29) is 0 Å². The largest absolute Gasteiger partial charge is 0.269 e. The Morgan fingerprint density at radius 3 is 2.67 bits per heavy atom. The van der Waals surface area contributed by atoms with Crippen LogP contribution in [0.25, 0.3) is 12.4 Å². The van der Waals surface area contributed by atoms with Crippen molar-refractivity contribution in [3.63, 3.8) is 0 Å². The van der Waals surface area contributed by atoms with Crippen LogP contribution in [0, 0.1) is 0 Å². The van der Waals surface area contributed by atoms with Gasteiger partial charge in [-0.2, -0.15) is 0 Å². The zero-order valence-electron chi connectivity index (χ0n) is 7.11. The maximum atomic E-state index is 3.70. The van der Waals surface area contributed by atoms with Gasteiger partial charge in [0.1, 0.15) is 12.4 Å². The number of aromatic nitrogens is 2. The highest BCUT2D eigenvalue weighted by molar-refractivity contribution is 5.19. The fraction of sp³-hybridized carbons (Fsp3) is 0.100. The van der Waals surface area contributed by atoms with Gasteiger partial charge in [0.15, 0.2) is 0 Å². The summed E-state index contributed by atoms with van der Waals surface area (Å²) < 4.78 is 3.90. The predicted molar refractivity (Wildman–Crippen MR) is 51.3 cm³/mol. The van der Waals surface area contributed by atoms with Gasteiger partial charge in [0.05, 0.1) is 18.8 Å². The number of rotatable bonds is 4. The maximum absolute atomic E-state index is 3.70. The standard InChI is InChI=1S/C10H13N2/c1-4-7-10-11(5-2)8-9-12(10)6-3/h4-6,8-9H,1-3,7H2/q+1. The molecule has 0 aromatic carbocycles. The summed E-state index contributed by atoms with van der Waals surface area (Å²) in [6.07, 6.45) is 10.1. The Bertz CT molecular complexity index is 282. The van der Waals surface area contributed by atoms with E-state index >= 15 is 0 Å². The third-order valence-electron chi connectivity index (χ3n) is 1.70. The SMILES string of the molecule is C=CCc1n(C=C)cc[n+]1C=C. The number of hydrogen-bond donors (Lipinski definition) is 0. The fourth-order valence-corrected chi connectivity index (χ4v) is 1.12. The zero-order chi connectivity index (χ0) is 8.97. The Morgan fingerprint density at radius 1 is 1.42 bits per heavy atom. The van der Waals surface area contributed by atoms with Gasteiger partial charge >= 0.3 is 0 Å². The molecule has 2 heteroatoms. The molecule has 0 radical (unpaired) electrons. The van der Waals surface area contributed by atoms with Gasteiger partial charge in [0.25, 0.3) is 5.82 Å². The quantitative estimate of drug-likeness (QED) is 0.469. The molecule has 2 nitrogen and oxygen atoms in total. The van der Waals surface area contributed by atoms with Crippen molar-refractivity contribution < 1.29 is 4.57 Å². The lowest BCUT2D eigenvalue weighted by Crippen LogP contribution is -2.28. The lowest BCUT2D eigenvalue weighted by Gasteiger charge is -1.92. The summed E-state index contributed by atoms with van der Waals surface area (Å²) in [5.41, 5.74) is 0. The Kier molecular flexibility index (Phi) is 2.64. The third kappa shape index (κ3) is 1.37. The average molecular weight is 161 g/mol. The number of allylic oxidation sites excluding steroid dienone is 1. The van der Waals surface area contributed by atoms with Crippen LogP contribution in [0.1, 0.15) is 5.82 Å². The minimum atomic E-state index is 0.811. The van der Waals surface area contributed by atoms with E-state index in [0.717, 1.165) is 12.2 Å². The number of nitrogens with zero attached hydrogens (tertiary/aromatic N) is 2. The molecule has 0 aliphatic heterocycles. The van der Waals surface area contributed by atoms with E-state index in [1.165, 1.54) is 0 Å². The molecule has 0 atom stereocenters. The molecule has 0 saturated carbocycles. The van der Waals surface area contributed by atoms with Crippen molar-refractivity contribution in [1.29, 1.82) is 0 Å². The van der Waals surface area contributed by atoms with Crippen LogP contribution in [0.15, 0.2) is 38.2 Å². The molecule has 1 aromatic rings. The van der Waals surface area contributed by atoms with Gasteiger partial charge in [0, 0.05) is 0 Å². The lowest BCUT2D eigenvalue weighted by molar-refractivity contribution is -0.575. The highest BCUT2D eigenvalue weighted by Crippen LogP contribution is 1.97. The predicted octanol–water partition coefficient (Wildman–Crippen LogP) is 1.71. The van der Waals surface area contributed by atoms with Crippen molar-refractivity contribution in [2.45, 2.75) is 6.42 Å². The van der Waals surface area contributed by atoms with Crippen LogP contribution in [0.4, 0.5) is 0 Å². The molecule has 12 heavy (non-hydrogen) atoms. The van der Waals surface area contributed by atoms with Crippen LogP contribution in [0.2, 0.25) is 0 Å². The monoisotopic (exact) mass is 161 g/mol. The third-order valence-corrected chi connectivity index (χ3v) is 1.70. The second kappa shape index (κ2) is 3.72. The molecular weight excluding hydrogens is 148 g/mol. The van der Waals surface area contributed by atoms with Gasteiger partial charge < -0.3 is 0 Å². The molecule has 0 amide bonds. The summed E-state index contributed by atoms with van der Waals surface area (Å²) in [5.74, 6) is 1.11. The Labute approximate surface area is 72.8 Å². The van der Waals surface area contributed by atoms with Crippen molar-refractivity contribution in [2.75, 3.05) is 0 Å². The molecule has 0 bridgehead atoms. The number of imidazole rings is 1. The number of hydrogen-bond acceptors (Lipinski definition) is 0. The van der Waals surface area contributed by atoms with E-state index in [2.05, 4.69) is 19.7 Å². The summed E-state index contributed by atoms with van der Waals surface area (Å²) in [7, 11) is 0. The molecule has 1 aromatic heterocycles. The molecule has 1 heterocycles. The van der Waals surface area contributed by atoms with Crippen LogP contribution in [-0.4, -0.2) is 4.57 Å². The normalized spacial score (nSPS) is 9.33. The molecule has 0 fully saturated rings. The summed E-state index contributed by atoms with van der Waals surface area (Å²) in [5, 5.41) is 0. The molecule has 0 spiro atoms. The fourth-order valence-electron chi connectivity index (χ4n) is 1.12. The summed E-state index contributed by atoms with van der Waals surface area (Å²) in [4.78, 5) is 0. The highest BCUT2D eigenvalue weighted by Gasteiger charge is 2.10. The Hall–Kier alpha value is -1.57. The summed E-state index contributed by atoms with van der Waals surface area (Å²) in [6, 6.07) is 0. The molecule has 0 N–H and O–H groups in total. The molecular formula is C10H13N2+. The maximum Gasteiger partial charge on any atom is 0.269 e. The van der Waals surface area contributed by atoms with Gasteiger partial charge in [-0.05, 0) is 0 Å². The first-order valence-electron chi connectivity index (χ1n) is 3.80. The van der Waals surface area contributed by atoms with E-state index in [1.54, 1.807) is 12.4 Å². The minimum absolute atomic E-state index is 0.811. The van der Waals surface area contributed by atoms with Crippen molar-refractivity contribution in [3.05, 3.63) is 44.0 Å². The Morgan fingerprint density at radius 2 is 2.17 bits per heavy atom. The van der Waals surface area contributed by atoms with Crippen molar-refractivity contribution in [3.8, 4) is 0 Å². The lowest BCUT2D eigenvalue weighted by atomic mass is 10.4. The smallest absolute Gasteiger partial charge is 0.207 e. The highest BCUT2D eigenvalue weighted by atomic mass is 15.1. The summed E-state index contributed by atoms with van der Waals surface area (Å²) in [6.45, 7) is 11.1. The van der Waals surface area contributed by atoms with Gasteiger partial charge in [-0.25, -0.2) is 9.13 Å². The first kappa shape index (κ1) is 8.53. The zero-order valence-corrected chi connectivity index (χ0v) is 7.11. The van der Waals surface area contributed by atoms with Gasteiger partial charge in [-0.1, -0.05) is 19.2 Å². The Balaban J connectivity index is 3.14. The van der Waals surface area contributed by atoms with Gasteiger partial charge in [0.2, 0.25) is 0 Å². The second-order valence-corrected chi connectivity index (χ2v) is 2.39. The van der Waals surface area contributed by atoms with E-state index in [1.807, 2.05) is 27.6 Å². The summed E-state index contributed by atoms with van der Waals surface area (Å²) >= 11 is 0. The van der Waals surface area contributed by atoms with Crippen molar-refractivity contribution >= 4 is 12.4 Å². The van der Waals surface area contributed by atoms with Crippen molar-refractivity contribution in [2.24, 2.45) is 0 Å². The van der Waals surface area contributed by atoms with Crippen LogP contribution in [0.5, 0.6) is 0 Å². The van der Waals surface area contributed by atoms with Crippen LogP contribution >= 0.6 is 0 Å². The average Bonchev–Trinajstić information content (AvgIpc) is 2.48. The molecule has 1 rings (SSSR count). The second-order valence-electron chi connectivity index (χ2n) is 2.39. The molecule has 0 aliphatic carbocycles. The first-order valence-corrected chi connectivity index (χ1v) is 3.80. The van der Waals surface area contributed by atoms with Crippen LogP contribution in [-0.2, 0) is 6.42 Å². The first-order chi connectivity index (χ1) is 5.83. The van der Waals surface area contributed by atoms with E-state index < -0.39 is 0 Å². The van der Waals surface area contributed by atoms with Crippen LogP contribution in [0.3, 0.4) is 0 Å². The van der Waals surface area contributed by atoms with Gasteiger partial charge in [-0.3, -0.25) is 0 Å².